The van der Waals surface area contributed by atoms with Crippen molar-refractivity contribution in [2.75, 3.05) is 0 Å². The van der Waals surface area contributed by atoms with E-state index in [9.17, 15) is 13.2 Å². The molecule has 0 aliphatic heterocycles. The fourth-order valence-electron chi connectivity index (χ4n) is 1.85. The monoisotopic (exact) mass is 266 g/mol. The van der Waals surface area contributed by atoms with Crippen molar-refractivity contribution in [3.63, 3.8) is 0 Å². The Morgan fingerprint density at radius 1 is 1.11 bits per heavy atom. The highest BCUT2D eigenvalue weighted by molar-refractivity contribution is 5.63. The standard InChI is InChI=1S/C14H13F3N2/c15-14(16,17)8-13(18)11-4-1-3-10(7-11)12-5-2-6-19-9-12/h1-7,9,13H,8,18H2. The van der Waals surface area contributed by atoms with E-state index in [2.05, 4.69) is 4.98 Å². The molecule has 5 heteroatoms. The van der Waals surface area contributed by atoms with E-state index in [0.29, 0.717) is 5.56 Å². The van der Waals surface area contributed by atoms with Crippen LogP contribution in [0.5, 0.6) is 0 Å². The van der Waals surface area contributed by atoms with E-state index < -0.39 is 18.6 Å². The van der Waals surface area contributed by atoms with Gasteiger partial charge in [0.05, 0.1) is 6.42 Å². The fraction of sp³-hybridized carbons (Fsp3) is 0.214. The molecule has 1 unspecified atom stereocenters. The summed E-state index contributed by atoms with van der Waals surface area (Å²) in [6, 6.07) is 9.38. The maximum absolute atomic E-state index is 12.3. The summed E-state index contributed by atoms with van der Waals surface area (Å²) in [5, 5.41) is 0. The van der Waals surface area contributed by atoms with Crippen LogP contribution in [0.15, 0.2) is 48.8 Å². The number of hydrogen-bond donors (Lipinski definition) is 1. The van der Waals surface area contributed by atoms with Crippen LogP contribution in [0.1, 0.15) is 18.0 Å². The second-order valence-corrected chi connectivity index (χ2v) is 4.29. The molecule has 2 rings (SSSR count). The van der Waals surface area contributed by atoms with Crippen LogP contribution in [0, 0.1) is 0 Å². The van der Waals surface area contributed by atoms with Crippen molar-refractivity contribution in [3.8, 4) is 11.1 Å². The number of alkyl halides is 3. The van der Waals surface area contributed by atoms with Crippen molar-refractivity contribution in [3.05, 3.63) is 54.4 Å². The molecule has 100 valence electrons. The van der Waals surface area contributed by atoms with Crippen LogP contribution < -0.4 is 5.73 Å². The zero-order valence-electron chi connectivity index (χ0n) is 10.1. The first-order valence-corrected chi connectivity index (χ1v) is 5.78. The van der Waals surface area contributed by atoms with Gasteiger partial charge in [0.1, 0.15) is 0 Å². The normalized spacial score (nSPS) is 13.3. The topological polar surface area (TPSA) is 38.9 Å². The minimum atomic E-state index is -4.26. The van der Waals surface area contributed by atoms with Crippen molar-refractivity contribution < 1.29 is 13.2 Å². The van der Waals surface area contributed by atoms with Crippen LogP contribution >= 0.6 is 0 Å². The first kappa shape index (κ1) is 13.5. The van der Waals surface area contributed by atoms with Crippen molar-refractivity contribution in [1.29, 1.82) is 0 Å². The smallest absolute Gasteiger partial charge is 0.324 e. The molecule has 0 aliphatic rings. The molecule has 0 amide bonds. The summed E-state index contributed by atoms with van der Waals surface area (Å²) in [5.41, 5.74) is 7.72. The zero-order valence-corrected chi connectivity index (χ0v) is 10.1. The fourth-order valence-corrected chi connectivity index (χ4v) is 1.85. The average Bonchev–Trinajstić information content (AvgIpc) is 2.38. The molecular weight excluding hydrogens is 253 g/mol. The van der Waals surface area contributed by atoms with E-state index in [1.165, 1.54) is 0 Å². The Kier molecular flexibility index (Phi) is 3.85. The van der Waals surface area contributed by atoms with Gasteiger partial charge in [-0.3, -0.25) is 4.98 Å². The van der Waals surface area contributed by atoms with Gasteiger partial charge in [-0.2, -0.15) is 13.2 Å². The third kappa shape index (κ3) is 3.79. The second kappa shape index (κ2) is 5.40. The number of benzene rings is 1. The SMILES string of the molecule is NC(CC(F)(F)F)c1cccc(-c2cccnc2)c1. The molecule has 1 aromatic carbocycles. The van der Waals surface area contributed by atoms with Crippen LogP contribution in [0.3, 0.4) is 0 Å². The van der Waals surface area contributed by atoms with Crippen LogP contribution in [0.2, 0.25) is 0 Å². The summed E-state index contributed by atoms with van der Waals surface area (Å²) in [5.74, 6) is 0. The highest BCUT2D eigenvalue weighted by Gasteiger charge is 2.30. The summed E-state index contributed by atoms with van der Waals surface area (Å²) in [6.07, 6.45) is -1.98. The Morgan fingerprint density at radius 2 is 1.84 bits per heavy atom. The van der Waals surface area contributed by atoms with E-state index in [1.54, 1.807) is 36.7 Å². The maximum Gasteiger partial charge on any atom is 0.390 e. The van der Waals surface area contributed by atoms with Gasteiger partial charge in [0.25, 0.3) is 0 Å². The highest BCUT2D eigenvalue weighted by Crippen LogP contribution is 2.29. The molecule has 2 aromatic rings. The number of rotatable bonds is 3. The lowest BCUT2D eigenvalue weighted by molar-refractivity contribution is -0.138. The minimum absolute atomic E-state index is 0.471. The van der Waals surface area contributed by atoms with Gasteiger partial charge in [0, 0.05) is 18.4 Å². The Balaban J connectivity index is 2.25. The number of pyridine rings is 1. The van der Waals surface area contributed by atoms with Crippen LogP contribution in [0.25, 0.3) is 11.1 Å². The van der Waals surface area contributed by atoms with E-state index in [1.807, 2.05) is 12.1 Å². The van der Waals surface area contributed by atoms with E-state index in [-0.39, 0.29) is 0 Å². The van der Waals surface area contributed by atoms with Gasteiger partial charge < -0.3 is 5.73 Å². The molecule has 2 N–H and O–H groups in total. The molecule has 0 saturated heterocycles. The molecule has 1 aromatic heterocycles. The molecule has 0 radical (unpaired) electrons. The third-order valence-corrected chi connectivity index (χ3v) is 2.76. The third-order valence-electron chi connectivity index (χ3n) is 2.76. The molecule has 1 atom stereocenters. The molecule has 0 fully saturated rings. The summed E-state index contributed by atoms with van der Waals surface area (Å²) in [7, 11) is 0. The first-order valence-electron chi connectivity index (χ1n) is 5.78. The van der Waals surface area contributed by atoms with Crippen LogP contribution in [0.4, 0.5) is 13.2 Å². The summed E-state index contributed by atoms with van der Waals surface area (Å²) < 4.78 is 37.0. The molecule has 1 heterocycles. The van der Waals surface area contributed by atoms with Gasteiger partial charge in [-0.15, -0.1) is 0 Å². The van der Waals surface area contributed by atoms with Gasteiger partial charge in [-0.25, -0.2) is 0 Å². The highest BCUT2D eigenvalue weighted by atomic mass is 19.4. The molecule has 0 aliphatic carbocycles. The lowest BCUT2D eigenvalue weighted by Crippen LogP contribution is -2.20. The molecule has 19 heavy (non-hydrogen) atoms. The Hall–Kier alpha value is -1.88. The predicted molar refractivity (Wildman–Crippen MR) is 67.3 cm³/mol. The van der Waals surface area contributed by atoms with Gasteiger partial charge in [-0.1, -0.05) is 24.3 Å². The van der Waals surface area contributed by atoms with E-state index in [0.717, 1.165) is 11.1 Å². The summed E-state index contributed by atoms with van der Waals surface area (Å²) in [6.45, 7) is 0. The molecule has 0 saturated carbocycles. The number of hydrogen-bond acceptors (Lipinski definition) is 2. The number of nitrogens with two attached hydrogens (primary N) is 1. The van der Waals surface area contributed by atoms with E-state index in [4.69, 9.17) is 5.73 Å². The molecule has 0 bridgehead atoms. The van der Waals surface area contributed by atoms with Crippen molar-refractivity contribution in [2.24, 2.45) is 5.73 Å². The quantitative estimate of drug-likeness (QED) is 0.920. The van der Waals surface area contributed by atoms with E-state index >= 15 is 0 Å². The predicted octanol–water partition coefficient (Wildman–Crippen LogP) is 3.70. The van der Waals surface area contributed by atoms with Gasteiger partial charge in [0.15, 0.2) is 0 Å². The van der Waals surface area contributed by atoms with Crippen LogP contribution in [-0.4, -0.2) is 11.2 Å². The van der Waals surface area contributed by atoms with Gasteiger partial charge >= 0.3 is 6.18 Å². The van der Waals surface area contributed by atoms with Crippen molar-refractivity contribution in [1.82, 2.24) is 4.98 Å². The van der Waals surface area contributed by atoms with Crippen molar-refractivity contribution >= 4 is 0 Å². The Morgan fingerprint density at radius 3 is 2.47 bits per heavy atom. The minimum Gasteiger partial charge on any atom is -0.324 e. The number of halogens is 3. The Labute approximate surface area is 109 Å². The second-order valence-electron chi connectivity index (χ2n) is 4.29. The molecular formula is C14H13F3N2. The lowest BCUT2D eigenvalue weighted by atomic mass is 9.99. The average molecular weight is 266 g/mol. The van der Waals surface area contributed by atoms with Gasteiger partial charge in [-0.05, 0) is 28.8 Å². The Bertz CT molecular complexity index is 538. The molecule has 0 spiro atoms. The first-order chi connectivity index (χ1) is 8.96. The molecule has 2 nitrogen and oxygen atoms in total. The number of nitrogens with zero attached hydrogens (tertiary/aromatic N) is 1. The number of aromatic nitrogens is 1. The zero-order chi connectivity index (χ0) is 13.9. The largest absolute Gasteiger partial charge is 0.390 e. The lowest BCUT2D eigenvalue weighted by Gasteiger charge is -2.15. The van der Waals surface area contributed by atoms with Crippen LogP contribution in [-0.2, 0) is 0 Å². The van der Waals surface area contributed by atoms with Gasteiger partial charge in [0.2, 0.25) is 0 Å². The summed E-state index contributed by atoms with van der Waals surface area (Å²) in [4.78, 5) is 3.98. The summed E-state index contributed by atoms with van der Waals surface area (Å²) >= 11 is 0. The maximum atomic E-state index is 12.3. The van der Waals surface area contributed by atoms with Crippen molar-refractivity contribution in [2.45, 2.75) is 18.6 Å².